The molecule has 0 aromatic heterocycles. The first kappa shape index (κ1) is 15.9. The smallest absolute Gasteiger partial charge is 0.338 e. The number of hydrogen-bond acceptors (Lipinski definition) is 3. The minimum absolute atomic E-state index is 0.0436. The molecule has 1 fully saturated rings. The molecule has 1 aliphatic rings. The monoisotopic (exact) mass is 314 g/mol. The van der Waals surface area contributed by atoms with E-state index in [0.29, 0.717) is 12.8 Å². The molecule has 1 N–H and O–H groups in total. The summed E-state index contributed by atoms with van der Waals surface area (Å²) in [6.45, 7) is 1.38. The van der Waals surface area contributed by atoms with Gasteiger partial charge >= 0.3 is 5.97 Å². The molecule has 0 bridgehead atoms. The Labute approximate surface area is 123 Å². The van der Waals surface area contributed by atoms with Crippen LogP contribution in [0.5, 0.6) is 0 Å². The fourth-order valence-corrected chi connectivity index (χ4v) is 4.76. The van der Waals surface area contributed by atoms with Crippen molar-refractivity contribution in [2.75, 3.05) is 0 Å². The number of halogens is 1. The topological polar surface area (TPSA) is 71.4 Å². The van der Waals surface area contributed by atoms with Crippen LogP contribution in [0.25, 0.3) is 0 Å². The molecule has 1 saturated carbocycles. The van der Waals surface area contributed by atoms with Gasteiger partial charge in [0.2, 0.25) is 0 Å². The lowest BCUT2D eigenvalue weighted by atomic mass is 10.1. The molecule has 6 heteroatoms. The normalized spacial score (nSPS) is 17.4. The molecule has 21 heavy (non-hydrogen) atoms. The van der Waals surface area contributed by atoms with Crippen LogP contribution in [-0.4, -0.2) is 24.7 Å². The first-order valence-corrected chi connectivity index (χ1v) is 8.66. The van der Waals surface area contributed by atoms with E-state index in [0.717, 1.165) is 31.7 Å². The maximum Gasteiger partial charge on any atom is 0.338 e. The van der Waals surface area contributed by atoms with E-state index >= 15 is 0 Å². The molecule has 0 heterocycles. The van der Waals surface area contributed by atoms with Crippen LogP contribution in [0.2, 0.25) is 0 Å². The van der Waals surface area contributed by atoms with Crippen molar-refractivity contribution < 1.29 is 22.7 Å². The summed E-state index contributed by atoms with van der Waals surface area (Å²) in [5.74, 6) is -2.32. The molecule has 0 saturated heterocycles. The van der Waals surface area contributed by atoms with Crippen LogP contribution < -0.4 is 0 Å². The standard InChI is InChI=1S/C15H19FO4S/c1-10-8-12(9-13(14(10)16)15(17)18)21(19,20)11-6-4-2-3-5-7-11/h8-9,11H,2-7H2,1H3,(H,17,18). The van der Waals surface area contributed by atoms with E-state index in [1.807, 2.05) is 0 Å². The molecule has 116 valence electrons. The highest BCUT2D eigenvalue weighted by Crippen LogP contribution is 2.29. The van der Waals surface area contributed by atoms with Crippen LogP contribution in [0, 0.1) is 12.7 Å². The number of hydrogen-bond donors (Lipinski definition) is 1. The van der Waals surface area contributed by atoms with Gasteiger partial charge in [0.15, 0.2) is 9.84 Å². The quantitative estimate of drug-likeness (QED) is 0.686. The molecular formula is C15H19FO4S. The second kappa shape index (κ2) is 6.13. The number of rotatable bonds is 3. The zero-order chi connectivity index (χ0) is 15.6. The molecule has 0 aliphatic heterocycles. The number of benzene rings is 1. The fourth-order valence-electron chi connectivity index (χ4n) is 2.80. The second-order valence-corrected chi connectivity index (χ2v) is 7.79. The van der Waals surface area contributed by atoms with Gasteiger partial charge in [-0.15, -0.1) is 0 Å². The predicted octanol–water partition coefficient (Wildman–Crippen LogP) is 3.33. The van der Waals surface area contributed by atoms with E-state index in [1.165, 1.54) is 13.0 Å². The highest BCUT2D eigenvalue weighted by atomic mass is 32.2. The van der Waals surface area contributed by atoms with Gasteiger partial charge in [-0.05, 0) is 37.5 Å². The predicted molar refractivity (Wildman–Crippen MR) is 76.8 cm³/mol. The number of sulfone groups is 1. The summed E-state index contributed by atoms with van der Waals surface area (Å²) in [6, 6.07) is 2.19. The van der Waals surface area contributed by atoms with Crippen LogP contribution in [0.4, 0.5) is 4.39 Å². The summed E-state index contributed by atoms with van der Waals surface area (Å²) in [6.07, 6.45) is 4.93. The summed E-state index contributed by atoms with van der Waals surface area (Å²) < 4.78 is 39.1. The van der Waals surface area contributed by atoms with Crippen molar-refractivity contribution in [1.29, 1.82) is 0 Å². The van der Waals surface area contributed by atoms with Gasteiger partial charge < -0.3 is 5.11 Å². The summed E-state index contributed by atoms with van der Waals surface area (Å²) >= 11 is 0. The van der Waals surface area contributed by atoms with Crippen molar-refractivity contribution in [1.82, 2.24) is 0 Å². The first-order valence-electron chi connectivity index (χ1n) is 7.11. The molecule has 0 spiro atoms. The third kappa shape index (κ3) is 3.26. The van der Waals surface area contributed by atoms with Gasteiger partial charge in [0.25, 0.3) is 0 Å². The highest BCUT2D eigenvalue weighted by molar-refractivity contribution is 7.92. The average Bonchev–Trinajstić information content (AvgIpc) is 2.70. The van der Waals surface area contributed by atoms with Crippen LogP contribution in [0.3, 0.4) is 0 Å². The molecule has 2 rings (SSSR count). The van der Waals surface area contributed by atoms with E-state index in [4.69, 9.17) is 5.11 Å². The maximum atomic E-state index is 13.8. The van der Waals surface area contributed by atoms with Crippen molar-refractivity contribution in [3.63, 3.8) is 0 Å². The van der Waals surface area contributed by atoms with Crippen molar-refractivity contribution in [2.24, 2.45) is 0 Å². The lowest BCUT2D eigenvalue weighted by molar-refractivity contribution is 0.0691. The molecule has 1 aromatic carbocycles. The average molecular weight is 314 g/mol. The molecule has 4 nitrogen and oxygen atoms in total. The Kier molecular flexibility index (Phi) is 4.66. The third-order valence-corrected chi connectivity index (χ3v) is 6.27. The number of carboxylic acid groups (broad SMARTS) is 1. The summed E-state index contributed by atoms with van der Waals surface area (Å²) in [4.78, 5) is 11.0. The molecule has 0 unspecified atom stereocenters. The van der Waals surface area contributed by atoms with Crippen LogP contribution in [-0.2, 0) is 9.84 Å². The van der Waals surface area contributed by atoms with Gasteiger partial charge in [-0.2, -0.15) is 0 Å². The highest BCUT2D eigenvalue weighted by Gasteiger charge is 2.30. The van der Waals surface area contributed by atoms with Crippen molar-refractivity contribution in [3.8, 4) is 0 Å². The lowest BCUT2D eigenvalue weighted by Gasteiger charge is -2.16. The van der Waals surface area contributed by atoms with Gasteiger partial charge in [0, 0.05) is 0 Å². The fraction of sp³-hybridized carbons (Fsp3) is 0.533. The lowest BCUT2D eigenvalue weighted by Crippen LogP contribution is -2.21. The Hall–Kier alpha value is -1.43. The second-order valence-electron chi connectivity index (χ2n) is 5.57. The number of carbonyl (C=O) groups is 1. The Morgan fingerprint density at radius 2 is 1.76 bits per heavy atom. The largest absolute Gasteiger partial charge is 0.478 e. The third-order valence-electron chi connectivity index (χ3n) is 4.03. The molecule has 0 amide bonds. The van der Waals surface area contributed by atoms with Gasteiger partial charge in [0.1, 0.15) is 5.82 Å². The Morgan fingerprint density at radius 1 is 1.19 bits per heavy atom. The Balaban J connectivity index is 2.46. The zero-order valence-electron chi connectivity index (χ0n) is 11.9. The number of aromatic carboxylic acids is 1. The maximum absolute atomic E-state index is 13.8. The van der Waals surface area contributed by atoms with E-state index in [9.17, 15) is 17.6 Å². The molecule has 0 radical (unpaired) electrons. The minimum atomic E-state index is -3.61. The van der Waals surface area contributed by atoms with Gasteiger partial charge in [0.05, 0.1) is 15.7 Å². The van der Waals surface area contributed by atoms with Gasteiger partial charge in [-0.25, -0.2) is 17.6 Å². The van der Waals surface area contributed by atoms with Crippen LogP contribution in [0.1, 0.15) is 54.4 Å². The SMILES string of the molecule is Cc1cc(S(=O)(=O)C2CCCCCC2)cc(C(=O)O)c1F. The van der Waals surface area contributed by atoms with Crippen molar-refractivity contribution in [3.05, 3.63) is 29.1 Å². The van der Waals surface area contributed by atoms with E-state index in [-0.39, 0.29) is 10.5 Å². The van der Waals surface area contributed by atoms with E-state index in [1.54, 1.807) is 0 Å². The summed E-state index contributed by atoms with van der Waals surface area (Å²) in [7, 11) is -3.61. The molecule has 0 atom stereocenters. The first-order chi connectivity index (χ1) is 9.84. The van der Waals surface area contributed by atoms with Crippen molar-refractivity contribution in [2.45, 2.75) is 55.6 Å². The number of carboxylic acids is 1. The summed E-state index contributed by atoms with van der Waals surface area (Å²) in [5, 5.41) is 8.51. The van der Waals surface area contributed by atoms with E-state index in [2.05, 4.69) is 0 Å². The molecule has 1 aromatic rings. The molecule has 1 aliphatic carbocycles. The van der Waals surface area contributed by atoms with Gasteiger partial charge in [-0.1, -0.05) is 25.7 Å². The van der Waals surface area contributed by atoms with Crippen molar-refractivity contribution >= 4 is 15.8 Å². The van der Waals surface area contributed by atoms with E-state index < -0.39 is 32.4 Å². The van der Waals surface area contributed by atoms with Crippen LogP contribution >= 0.6 is 0 Å². The zero-order valence-corrected chi connectivity index (χ0v) is 12.7. The van der Waals surface area contributed by atoms with Crippen LogP contribution in [0.15, 0.2) is 17.0 Å². The Morgan fingerprint density at radius 3 is 2.29 bits per heavy atom. The Bertz CT molecular complexity index is 644. The van der Waals surface area contributed by atoms with Gasteiger partial charge in [-0.3, -0.25) is 0 Å². The number of aryl methyl sites for hydroxylation is 1. The summed E-state index contributed by atoms with van der Waals surface area (Å²) in [5.41, 5.74) is -0.538. The molecular weight excluding hydrogens is 295 g/mol. The minimum Gasteiger partial charge on any atom is -0.478 e.